The molecule has 2 aromatic rings. The van der Waals surface area contributed by atoms with Gasteiger partial charge in [0.15, 0.2) is 6.04 Å². The number of carboxylic acids is 1. The van der Waals surface area contributed by atoms with Crippen LogP contribution in [0.5, 0.6) is 0 Å². The van der Waals surface area contributed by atoms with E-state index in [0.29, 0.717) is 12.2 Å². The van der Waals surface area contributed by atoms with E-state index in [1.165, 1.54) is 0 Å². The minimum Gasteiger partial charge on any atom is -0.479 e. The van der Waals surface area contributed by atoms with Crippen molar-refractivity contribution in [2.45, 2.75) is 37.8 Å². The zero-order valence-electron chi connectivity index (χ0n) is 13.4. The maximum atomic E-state index is 12.2. The molecule has 3 rings (SSSR count). The number of amides is 1. The molecular weight excluding hydrogens is 306 g/mol. The van der Waals surface area contributed by atoms with Gasteiger partial charge in [0, 0.05) is 6.61 Å². The molecule has 1 heterocycles. The van der Waals surface area contributed by atoms with E-state index in [0.717, 1.165) is 30.0 Å². The first-order valence-electron chi connectivity index (χ1n) is 8.26. The predicted molar refractivity (Wildman–Crippen MR) is 90.7 cm³/mol. The summed E-state index contributed by atoms with van der Waals surface area (Å²) in [7, 11) is 0. The lowest BCUT2D eigenvalue weighted by atomic mass is 10.0. The molecule has 1 aliphatic rings. The number of hydrogen-bond acceptors (Lipinski definition) is 3. The predicted octanol–water partition coefficient (Wildman–Crippen LogP) is 3.04. The van der Waals surface area contributed by atoms with Crippen molar-refractivity contribution in [1.29, 1.82) is 0 Å². The van der Waals surface area contributed by atoms with Gasteiger partial charge in [-0.25, -0.2) is 4.79 Å². The van der Waals surface area contributed by atoms with E-state index in [4.69, 9.17) is 4.74 Å². The van der Waals surface area contributed by atoms with E-state index >= 15 is 0 Å². The van der Waals surface area contributed by atoms with E-state index in [-0.39, 0.29) is 18.4 Å². The van der Waals surface area contributed by atoms with Gasteiger partial charge in [0.2, 0.25) is 5.91 Å². The molecule has 126 valence electrons. The molecule has 2 atom stereocenters. The second kappa shape index (κ2) is 7.45. The Kier molecular flexibility index (Phi) is 5.11. The minimum atomic E-state index is -1.07. The molecule has 1 amide bonds. The number of fused-ring (bicyclic) bond motifs is 1. The molecule has 24 heavy (non-hydrogen) atoms. The van der Waals surface area contributed by atoms with Crippen LogP contribution in [0, 0.1) is 0 Å². The largest absolute Gasteiger partial charge is 0.479 e. The highest BCUT2D eigenvalue weighted by Crippen LogP contribution is 2.22. The molecule has 0 bridgehead atoms. The third kappa shape index (κ3) is 3.92. The summed E-state index contributed by atoms with van der Waals surface area (Å²) >= 11 is 0. The van der Waals surface area contributed by atoms with E-state index < -0.39 is 12.0 Å². The molecule has 2 N–H and O–H groups in total. The van der Waals surface area contributed by atoms with Gasteiger partial charge in [0.1, 0.15) is 0 Å². The third-order valence-electron chi connectivity index (χ3n) is 4.35. The molecule has 1 aliphatic heterocycles. The number of benzene rings is 2. The van der Waals surface area contributed by atoms with E-state index in [2.05, 4.69) is 5.32 Å². The third-order valence-corrected chi connectivity index (χ3v) is 4.35. The summed E-state index contributed by atoms with van der Waals surface area (Å²) in [6.07, 6.45) is 3.01. The molecule has 0 aliphatic carbocycles. The highest BCUT2D eigenvalue weighted by molar-refractivity contribution is 5.88. The van der Waals surface area contributed by atoms with Crippen molar-refractivity contribution in [2.24, 2.45) is 0 Å². The molecule has 0 radical (unpaired) electrons. The zero-order chi connectivity index (χ0) is 16.9. The molecule has 0 aromatic heterocycles. The molecule has 1 saturated heterocycles. The Bertz CT molecular complexity index is 737. The van der Waals surface area contributed by atoms with Crippen molar-refractivity contribution in [3.63, 3.8) is 0 Å². The Hall–Kier alpha value is -2.40. The van der Waals surface area contributed by atoms with Crippen molar-refractivity contribution in [3.05, 3.63) is 48.0 Å². The lowest BCUT2D eigenvalue weighted by Crippen LogP contribution is -2.36. The SMILES string of the molecule is O=C(CC1CCCCO1)NC(C(=O)O)c1ccc2ccccc2c1. The topological polar surface area (TPSA) is 75.6 Å². The number of carbonyl (C=O) groups excluding carboxylic acids is 1. The van der Waals surface area contributed by atoms with Crippen molar-refractivity contribution >= 4 is 22.6 Å². The number of ether oxygens (including phenoxy) is 1. The van der Waals surface area contributed by atoms with Gasteiger partial charge in [-0.05, 0) is 41.7 Å². The number of rotatable bonds is 5. The molecule has 2 aromatic carbocycles. The Balaban J connectivity index is 1.73. The Morgan fingerprint density at radius 3 is 2.67 bits per heavy atom. The van der Waals surface area contributed by atoms with Gasteiger partial charge in [-0.2, -0.15) is 0 Å². The molecule has 0 spiro atoms. The van der Waals surface area contributed by atoms with Gasteiger partial charge in [-0.1, -0.05) is 36.4 Å². The molecular formula is C19H21NO4. The Morgan fingerprint density at radius 1 is 1.17 bits per heavy atom. The molecule has 2 unspecified atom stereocenters. The fourth-order valence-corrected chi connectivity index (χ4v) is 3.07. The first kappa shape index (κ1) is 16.5. The van der Waals surface area contributed by atoms with Gasteiger partial charge in [-0.3, -0.25) is 4.79 Å². The molecule has 5 heteroatoms. The second-order valence-electron chi connectivity index (χ2n) is 6.14. The summed E-state index contributed by atoms with van der Waals surface area (Å²) in [6, 6.07) is 12.1. The monoisotopic (exact) mass is 327 g/mol. The first-order chi connectivity index (χ1) is 11.6. The second-order valence-corrected chi connectivity index (χ2v) is 6.14. The maximum Gasteiger partial charge on any atom is 0.330 e. The van der Waals surface area contributed by atoms with E-state index in [1.54, 1.807) is 6.07 Å². The van der Waals surface area contributed by atoms with Crippen molar-refractivity contribution in [3.8, 4) is 0 Å². The van der Waals surface area contributed by atoms with Crippen LogP contribution in [-0.4, -0.2) is 29.7 Å². The van der Waals surface area contributed by atoms with Crippen molar-refractivity contribution < 1.29 is 19.4 Å². The Labute approximate surface area is 140 Å². The van der Waals surface area contributed by atoms with Gasteiger partial charge >= 0.3 is 5.97 Å². The lowest BCUT2D eigenvalue weighted by Gasteiger charge is -2.23. The van der Waals surface area contributed by atoms with Crippen molar-refractivity contribution in [2.75, 3.05) is 6.61 Å². The van der Waals surface area contributed by atoms with Gasteiger partial charge in [-0.15, -0.1) is 0 Å². The summed E-state index contributed by atoms with van der Waals surface area (Å²) in [6.45, 7) is 0.672. The van der Waals surface area contributed by atoms with Gasteiger partial charge < -0.3 is 15.2 Å². The zero-order valence-corrected chi connectivity index (χ0v) is 13.4. The first-order valence-corrected chi connectivity index (χ1v) is 8.26. The van der Waals surface area contributed by atoms with Crippen LogP contribution in [0.2, 0.25) is 0 Å². The standard InChI is InChI=1S/C19H21NO4/c21-17(12-16-7-3-4-10-24-16)20-18(19(22)23)15-9-8-13-5-1-2-6-14(13)11-15/h1-2,5-6,8-9,11,16,18H,3-4,7,10,12H2,(H,20,21)(H,22,23). The molecule has 5 nitrogen and oxygen atoms in total. The van der Waals surface area contributed by atoms with E-state index in [9.17, 15) is 14.7 Å². The summed E-state index contributed by atoms with van der Waals surface area (Å²) in [5, 5.41) is 14.1. The summed E-state index contributed by atoms with van der Waals surface area (Å²) in [5.74, 6) is -1.36. The van der Waals surface area contributed by atoms with Crippen LogP contribution in [0.3, 0.4) is 0 Å². The van der Waals surface area contributed by atoms with Crippen LogP contribution < -0.4 is 5.32 Å². The van der Waals surface area contributed by atoms with Crippen LogP contribution in [0.4, 0.5) is 0 Å². The van der Waals surface area contributed by atoms with Crippen LogP contribution in [0.25, 0.3) is 10.8 Å². The number of nitrogens with one attached hydrogen (secondary N) is 1. The smallest absolute Gasteiger partial charge is 0.330 e. The van der Waals surface area contributed by atoms with E-state index in [1.807, 2.05) is 36.4 Å². The maximum absolute atomic E-state index is 12.2. The Morgan fingerprint density at radius 2 is 1.96 bits per heavy atom. The fourth-order valence-electron chi connectivity index (χ4n) is 3.07. The number of carbonyl (C=O) groups is 2. The summed E-state index contributed by atoms with van der Waals surface area (Å²) in [4.78, 5) is 23.8. The van der Waals surface area contributed by atoms with Crippen LogP contribution in [-0.2, 0) is 14.3 Å². The lowest BCUT2D eigenvalue weighted by molar-refractivity contribution is -0.142. The number of aliphatic carboxylic acids is 1. The van der Waals surface area contributed by atoms with Crippen LogP contribution in [0.15, 0.2) is 42.5 Å². The number of hydrogen-bond donors (Lipinski definition) is 2. The fraction of sp³-hybridized carbons (Fsp3) is 0.368. The average molecular weight is 327 g/mol. The van der Waals surface area contributed by atoms with Crippen molar-refractivity contribution in [1.82, 2.24) is 5.32 Å². The quantitative estimate of drug-likeness (QED) is 0.885. The highest BCUT2D eigenvalue weighted by atomic mass is 16.5. The van der Waals surface area contributed by atoms with Crippen LogP contribution in [0.1, 0.15) is 37.3 Å². The summed E-state index contributed by atoms with van der Waals surface area (Å²) in [5.41, 5.74) is 0.569. The highest BCUT2D eigenvalue weighted by Gasteiger charge is 2.24. The van der Waals surface area contributed by atoms with Gasteiger partial charge in [0.05, 0.1) is 12.5 Å². The molecule has 1 fully saturated rings. The van der Waals surface area contributed by atoms with Crippen LogP contribution >= 0.6 is 0 Å². The number of carboxylic acid groups (broad SMARTS) is 1. The average Bonchev–Trinajstić information content (AvgIpc) is 2.60. The summed E-state index contributed by atoms with van der Waals surface area (Å²) < 4.78 is 5.55. The molecule has 0 saturated carbocycles. The minimum absolute atomic E-state index is 0.107. The van der Waals surface area contributed by atoms with Gasteiger partial charge in [0.25, 0.3) is 0 Å². The normalized spacial score (nSPS) is 18.9.